The van der Waals surface area contributed by atoms with Gasteiger partial charge in [0.15, 0.2) is 0 Å². The highest BCUT2D eigenvalue weighted by Gasteiger charge is 2.38. The number of hydrogen-bond acceptors (Lipinski definition) is 2. The third-order valence-electron chi connectivity index (χ3n) is 8.60. The maximum atomic E-state index is 5.43. The second-order valence-corrected chi connectivity index (χ2v) is 16.2. The lowest BCUT2D eigenvalue weighted by Gasteiger charge is -2.33. The second-order valence-electron chi connectivity index (χ2n) is 11.9. The highest BCUT2D eigenvalue weighted by Crippen LogP contribution is 2.38. The molecule has 0 atom stereocenters. The van der Waals surface area contributed by atoms with E-state index in [1.807, 2.05) is 6.20 Å². The van der Waals surface area contributed by atoms with Crippen LogP contribution in [-0.2, 0) is 6.42 Å². The molecule has 2 aromatic heterocycles. The summed E-state index contributed by atoms with van der Waals surface area (Å²) in [7, 11) is -2.12. The van der Waals surface area contributed by atoms with E-state index in [4.69, 9.17) is 9.97 Å². The zero-order chi connectivity index (χ0) is 25.6. The highest BCUT2D eigenvalue weighted by molar-refractivity contribution is 7.03. The van der Waals surface area contributed by atoms with E-state index < -0.39 is 8.07 Å². The van der Waals surface area contributed by atoms with Crippen molar-refractivity contribution in [3.8, 4) is 11.3 Å². The molecule has 2 nitrogen and oxygen atoms in total. The summed E-state index contributed by atoms with van der Waals surface area (Å²) in [4.78, 5) is 10.4. The predicted octanol–water partition coefficient (Wildman–Crippen LogP) is 7.71. The summed E-state index contributed by atoms with van der Waals surface area (Å²) in [5.74, 6) is 0.638. The van der Waals surface area contributed by atoms with Gasteiger partial charge in [0, 0.05) is 27.8 Å². The number of fused-ring (bicyclic) bond motifs is 7. The number of aryl methyl sites for hydroxylation is 2. The van der Waals surface area contributed by atoms with Crippen LogP contribution in [0, 0.1) is 19.8 Å². The number of hydrogen-bond donors (Lipinski definition) is 0. The first-order valence-electron chi connectivity index (χ1n) is 13.4. The second kappa shape index (κ2) is 7.72. The number of benzene rings is 4. The molecule has 0 N–H and O–H groups in total. The van der Waals surface area contributed by atoms with Crippen molar-refractivity contribution in [2.75, 3.05) is 0 Å². The first-order valence-corrected chi connectivity index (χ1v) is 16.4. The van der Waals surface area contributed by atoms with E-state index in [1.165, 1.54) is 70.5 Å². The van der Waals surface area contributed by atoms with Crippen molar-refractivity contribution in [3.05, 3.63) is 83.6 Å². The lowest BCUT2D eigenvalue weighted by Crippen LogP contribution is -2.57. The minimum Gasteiger partial charge on any atom is -0.256 e. The summed E-state index contributed by atoms with van der Waals surface area (Å²) in [6, 6.07) is 23.2. The molecule has 0 fully saturated rings. The molecule has 3 heteroatoms. The lowest BCUT2D eigenvalue weighted by atomic mass is 9.93. The Balaban J connectivity index is 1.62. The zero-order valence-electron chi connectivity index (χ0n) is 22.5. The van der Waals surface area contributed by atoms with Crippen molar-refractivity contribution in [2.45, 2.75) is 47.2 Å². The third kappa shape index (κ3) is 3.17. The molecule has 0 saturated heterocycles. The molecule has 37 heavy (non-hydrogen) atoms. The molecule has 0 spiro atoms. The minimum absolute atomic E-state index is 0.638. The quantitative estimate of drug-likeness (QED) is 0.181. The van der Waals surface area contributed by atoms with Crippen molar-refractivity contribution in [1.29, 1.82) is 0 Å². The van der Waals surface area contributed by atoms with Crippen LogP contribution in [0.2, 0.25) is 13.1 Å². The van der Waals surface area contributed by atoms with Crippen molar-refractivity contribution in [1.82, 2.24) is 9.97 Å². The molecule has 3 heterocycles. The Hall–Kier alpha value is -3.56. The Kier molecular flexibility index (Phi) is 4.72. The molecule has 0 bridgehead atoms. The van der Waals surface area contributed by atoms with Gasteiger partial charge < -0.3 is 0 Å². The van der Waals surface area contributed by atoms with Gasteiger partial charge >= 0.3 is 0 Å². The minimum atomic E-state index is -2.12. The fourth-order valence-electron chi connectivity index (χ4n) is 6.52. The molecule has 4 aromatic carbocycles. The summed E-state index contributed by atoms with van der Waals surface area (Å²) in [6.45, 7) is 13.9. The van der Waals surface area contributed by atoms with Crippen molar-refractivity contribution >= 4 is 61.8 Å². The average molecular weight is 497 g/mol. The van der Waals surface area contributed by atoms with Crippen LogP contribution >= 0.6 is 0 Å². The fourth-order valence-corrected chi connectivity index (χ4v) is 9.41. The summed E-state index contributed by atoms with van der Waals surface area (Å²) in [5.41, 5.74) is 7.46. The Labute approximate surface area is 219 Å². The summed E-state index contributed by atoms with van der Waals surface area (Å²) < 4.78 is 0. The van der Waals surface area contributed by atoms with E-state index in [9.17, 15) is 0 Å². The normalized spacial score (nSPS) is 14.2. The van der Waals surface area contributed by atoms with Crippen LogP contribution in [0.1, 0.15) is 30.5 Å². The predicted molar refractivity (Wildman–Crippen MR) is 162 cm³/mol. The smallest absolute Gasteiger partial charge is 0.137 e. The van der Waals surface area contributed by atoms with Gasteiger partial charge in [-0.25, -0.2) is 0 Å². The molecule has 0 aliphatic carbocycles. The van der Waals surface area contributed by atoms with Crippen LogP contribution in [0.25, 0.3) is 54.5 Å². The molecule has 0 saturated carbocycles. The largest absolute Gasteiger partial charge is 0.256 e. The Morgan fingerprint density at radius 2 is 1.57 bits per heavy atom. The SMILES string of the molecule is Cc1ccc2cc3c(nc2c1C)[Si](C)(C)c1cc2c4cc(CC(C)C)ccc4ccc2c2ccnc-3c12. The van der Waals surface area contributed by atoms with Crippen LogP contribution in [0.5, 0.6) is 0 Å². The van der Waals surface area contributed by atoms with Gasteiger partial charge in [0.2, 0.25) is 0 Å². The molecule has 0 radical (unpaired) electrons. The van der Waals surface area contributed by atoms with Crippen LogP contribution in [-0.4, -0.2) is 18.0 Å². The molecular formula is C34H32N2Si. The molecule has 7 rings (SSSR count). The summed E-state index contributed by atoms with van der Waals surface area (Å²) in [5, 5.41) is 11.9. The third-order valence-corrected chi connectivity index (χ3v) is 11.9. The van der Waals surface area contributed by atoms with Crippen LogP contribution in [0.15, 0.2) is 66.9 Å². The number of rotatable bonds is 2. The average Bonchev–Trinajstić information content (AvgIpc) is 2.88. The maximum Gasteiger partial charge on any atom is 0.137 e. The van der Waals surface area contributed by atoms with Crippen molar-refractivity contribution in [2.24, 2.45) is 5.92 Å². The fraction of sp³-hybridized carbons (Fsp3) is 0.235. The lowest BCUT2D eigenvalue weighted by molar-refractivity contribution is 0.648. The van der Waals surface area contributed by atoms with Gasteiger partial charge in [-0.1, -0.05) is 75.5 Å². The molecular weight excluding hydrogens is 464 g/mol. The molecule has 0 amide bonds. The van der Waals surface area contributed by atoms with E-state index in [0.717, 1.165) is 17.6 Å². The number of pyridine rings is 2. The standard InChI is InChI=1S/C34H32N2Si/c1-19(2)15-22-8-10-23-11-12-25-26-13-14-35-33-29-17-24-9-7-20(3)21(4)32(24)36-34(29)37(5,6)30(31(26)33)18-28(25)27(23)16-22/h7-14,16-19H,15H2,1-6H3. The molecule has 0 unspecified atom stereocenters. The van der Waals surface area contributed by atoms with Gasteiger partial charge in [-0.15, -0.1) is 0 Å². The number of aromatic nitrogens is 2. The van der Waals surface area contributed by atoms with E-state index in [1.54, 1.807) is 0 Å². The van der Waals surface area contributed by atoms with Gasteiger partial charge in [0.05, 0.1) is 11.2 Å². The molecule has 182 valence electrons. The van der Waals surface area contributed by atoms with Crippen LogP contribution < -0.4 is 10.5 Å². The van der Waals surface area contributed by atoms with Gasteiger partial charge in [0.1, 0.15) is 8.07 Å². The monoisotopic (exact) mass is 496 g/mol. The summed E-state index contributed by atoms with van der Waals surface area (Å²) in [6.07, 6.45) is 3.10. The van der Waals surface area contributed by atoms with E-state index in [0.29, 0.717) is 5.92 Å². The zero-order valence-corrected chi connectivity index (χ0v) is 23.5. The van der Waals surface area contributed by atoms with E-state index in [-0.39, 0.29) is 0 Å². The molecule has 1 aliphatic rings. The first kappa shape index (κ1) is 22.6. The van der Waals surface area contributed by atoms with Gasteiger partial charge in [-0.05, 0) is 87.1 Å². The van der Waals surface area contributed by atoms with E-state index >= 15 is 0 Å². The van der Waals surface area contributed by atoms with Crippen LogP contribution in [0.4, 0.5) is 0 Å². The van der Waals surface area contributed by atoms with Gasteiger partial charge in [0.25, 0.3) is 0 Å². The highest BCUT2D eigenvalue weighted by atomic mass is 28.3. The first-order chi connectivity index (χ1) is 17.7. The van der Waals surface area contributed by atoms with Crippen LogP contribution in [0.3, 0.4) is 0 Å². The molecule has 1 aliphatic heterocycles. The number of nitrogens with zero attached hydrogens (tertiary/aromatic N) is 2. The molecule has 6 aromatic rings. The van der Waals surface area contributed by atoms with Crippen molar-refractivity contribution in [3.63, 3.8) is 0 Å². The van der Waals surface area contributed by atoms with Crippen molar-refractivity contribution < 1.29 is 0 Å². The Bertz CT molecular complexity index is 1930. The van der Waals surface area contributed by atoms with Gasteiger partial charge in [-0.3, -0.25) is 9.97 Å². The topological polar surface area (TPSA) is 25.8 Å². The maximum absolute atomic E-state index is 5.43. The Morgan fingerprint density at radius 3 is 2.38 bits per heavy atom. The Morgan fingerprint density at radius 1 is 0.784 bits per heavy atom. The van der Waals surface area contributed by atoms with E-state index in [2.05, 4.69) is 101 Å². The van der Waals surface area contributed by atoms with Gasteiger partial charge in [-0.2, -0.15) is 0 Å². The summed E-state index contributed by atoms with van der Waals surface area (Å²) >= 11 is 0.